The molecule has 1 aromatic heterocycles. The van der Waals surface area contributed by atoms with Gasteiger partial charge in [0.2, 0.25) is 5.43 Å². The molecule has 0 aliphatic heterocycles. The molecule has 1 saturated carbocycles. The number of benzene rings is 2. The minimum atomic E-state index is -1.65. The van der Waals surface area contributed by atoms with Gasteiger partial charge >= 0.3 is 5.97 Å². The molecule has 0 amide bonds. The molecule has 0 unspecified atom stereocenters. The fourth-order valence-electron chi connectivity index (χ4n) is 3.44. The molecular weight excluding hydrogens is 371 g/mol. The van der Waals surface area contributed by atoms with Crippen LogP contribution in [0.15, 0.2) is 41.2 Å². The van der Waals surface area contributed by atoms with E-state index in [1.807, 2.05) is 0 Å². The lowest BCUT2D eigenvalue weighted by Crippen LogP contribution is -2.25. The van der Waals surface area contributed by atoms with Gasteiger partial charge in [-0.3, -0.25) is 4.79 Å². The van der Waals surface area contributed by atoms with Crippen molar-refractivity contribution in [1.29, 1.82) is 0 Å². The minimum Gasteiger partial charge on any atom is -0.462 e. The molecule has 0 N–H and O–H groups in total. The van der Waals surface area contributed by atoms with Crippen LogP contribution in [0.3, 0.4) is 0 Å². The molecule has 28 heavy (non-hydrogen) atoms. The van der Waals surface area contributed by atoms with Crippen LogP contribution < -0.4 is 5.43 Å². The van der Waals surface area contributed by atoms with Crippen molar-refractivity contribution in [2.24, 2.45) is 0 Å². The van der Waals surface area contributed by atoms with Crippen molar-refractivity contribution in [2.75, 3.05) is 6.61 Å². The van der Waals surface area contributed by atoms with Gasteiger partial charge in [0.15, 0.2) is 17.5 Å². The lowest BCUT2D eigenvalue weighted by Gasteiger charge is -2.20. The number of carbonyl (C=O) groups excluding carboxylic acids is 1. The molecule has 0 spiro atoms. The predicted molar refractivity (Wildman–Crippen MR) is 97.7 cm³/mol. The number of pyridine rings is 1. The lowest BCUT2D eigenvalue weighted by atomic mass is 10.0. The van der Waals surface area contributed by atoms with Crippen LogP contribution >= 0.6 is 0 Å². The van der Waals surface area contributed by atoms with E-state index in [9.17, 15) is 22.8 Å². The Labute approximate surface area is 158 Å². The number of carbonyl (C=O) groups is 1. The van der Waals surface area contributed by atoms with E-state index in [2.05, 4.69) is 0 Å². The van der Waals surface area contributed by atoms with Gasteiger partial charge in [0.05, 0.1) is 23.2 Å². The van der Waals surface area contributed by atoms with Gasteiger partial charge in [-0.1, -0.05) is 30.3 Å². The number of fused-ring (bicyclic) bond motifs is 1. The highest BCUT2D eigenvalue weighted by Gasteiger charge is 2.34. The molecule has 0 atom stereocenters. The molecule has 144 valence electrons. The summed E-state index contributed by atoms with van der Waals surface area (Å²) in [4.78, 5) is 25.7. The van der Waals surface area contributed by atoms with Crippen LogP contribution in [0.1, 0.15) is 36.2 Å². The number of hydrogen-bond acceptors (Lipinski definition) is 3. The van der Waals surface area contributed by atoms with Crippen molar-refractivity contribution >= 4 is 16.9 Å². The van der Waals surface area contributed by atoms with Crippen molar-refractivity contribution in [3.63, 3.8) is 0 Å². The number of aromatic nitrogens is 1. The molecule has 7 heteroatoms. The number of esters is 1. The molecule has 4 nitrogen and oxygen atoms in total. The molecule has 3 aromatic rings. The smallest absolute Gasteiger partial charge is 0.344 e. The molecule has 0 saturated heterocycles. The average Bonchev–Trinajstić information content (AvgIpc) is 3.52. The zero-order valence-corrected chi connectivity index (χ0v) is 15.0. The van der Waals surface area contributed by atoms with Crippen molar-refractivity contribution in [1.82, 2.24) is 4.57 Å². The second-order valence-electron chi connectivity index (χ2n) is 6.62. The van der Waals surface area contributed by atoms with E-state index >= 15 is 0 Å². The second-order valence-corrected chi connectivity index (χ2v) is 6.62. The third-order valence-electron chi connectivity index (χ3n) is 4.77. The van der Waals surface area contributed by atoms with Gasteiger partial charge in [0, 0.05) is 6.04 Å². The van der Waals surface area contributed by atoms with Crippen LogP contribution in [0.25, 0.3) is 22.2 Å². The zero-order chi connectivity index (χ0) is 20.0. The van der Waals surface area contributed by atoms with Crippen LogP contribution in [0.4, 0.5) is 13.2 Å². The summed E-state index contributed by atoms with van der Waals surface area (Å²) in [6.45, 7) is 1.62. The molecule has 1 heterocycles. The van der Waals surface area contributed by atoms with Gasteiger partial charge in [0.25, 0.3) is 0 Å². The number of hydrogen-bond donors (Lipinski definition) is 0. The summed E-state index contributed by atoms with van der Waals surface area (Å²) in [5, 5.41) is -0.383. The summed E-state index contributed by atoms with van der Waals surface area (Å²) in [7, 11) is 0. The molecule has 1 fully saturated rings. The van der Waals surface area contributed by atoms with Gasteiger partial charge in [-0.15, -0.1) is 0 Å². The fraction of sp³-hybridized carbons (Fsp3) is 0.238. The van der Waals surface area contributed by atoms with Crippen molar-refractivity contribution in [2.45, 2.75) is 25.8 Å². The number of rotatable bonds is 4. The van der Waals surface area contributed by atoms with Gasteiger partial charge < -0.3 is 9.30 Å². The number of halogens is 3. The Balaban J connectivity index is 2.23. The highest BCUT2D eigenvalue weighted by atomic mass is 19.2. The van der Waals surface area contributed by atoms with Crippen LogP contribution in [0, 0.1) is 17.5 Å². The van der Waals surface area contributed by atoms with E-state index in [1.165, 1.54) is 4.57 Å². The van der Waals surface area contributed by atoms with Crippen LogP contribution in [-0.2, 0) is 4.74 Å². The molecule has 1 aliphatic rings. The van der Waals surface area contributed by atoms with E-state index < -0.39 is 28.8 Å². The van der Waals surface area contributed by atoms with E-state index in [-0.39, 0.29) is 34.8 Å². The van der Waals surface area contributed by atoms with E-state index in [1.54, 1.807) is 37.3 Å². The Morgan fingerprint density at radius 2 is 1.82 bits per heavy atom. The molecule has 0 bridgehead atoms. The summed E-state index contributed by atoms with van der Waals surface area (Å²) in [5.74, 6) is -5.45. The van der Waals surface area contributed by atoms with Crippen molar-refractivity contribution < 1.29 is 22.7 Å². The van der Waals surface area contributed by atoms with E-state index in [4.69, 9.17) is 4.74 Å². The third kappa shape index (κ3) is 2.78. The first-order chi connectivity index (χ1) is 13.5. The monoisotopic (exact) mass is 387 g/mol. The summed E-state index contributed by atoms with van der Waals surface area (Å²) in [6.07, 6.45) is 1.33. The molecule has 0 radical (unpaired) electrons. The SMILES string of the molecule is CCOC(=O)c1c(-c2ccccc2)n(C2CC2)c2c(F)c(F)c(F)cc2c1=O. The molecule has 1 aliphatic carbocycles. The Morgan fingerprint density at radius 3 is 2.43 bits per heavy atom. The standard InChI is InChI=1S/C21H16F3NO3/c1-2-28-21(27)15-18(11-6-4-3-5-7-11)25(12-8-9-12)19-13(20(15)26)10-14(22)16(23)17(19)24/h3-7,10,12H,2,8-9H2,1H3. The quantitative estimate of drug-likeness (QED) is 0.486. The first kappa shape index (κ1) is 18.3. The first-order valence-corrected chi connectivity index (χ1v) is 8.94. The Morgan fingerprint density at radius 1 is 1.14 bits per heavy atom. The van der Waals surface area contributed by atoms with Gasteiger partial charge in [0.1, 0.15) is 5.56 Å². The summed E-state index contributed by atoms with van der Waals surface area (Å²) >= 11 is 0. The Bertz CT molecular complexity index is 1150. The van der Waals surface area contributed by atoms with Gasteiger partial charge in [-0.2, -0.15) is 0 Å². The molecular formula is C21H16F3NO3. The number of ether oxygens (including phenoxy) is 1. The summed E-state index contributed by atoms with van der Waals surface area (Å²) < 4.78 is 49.1. The van der Waals surface area contributed by atoms with Gasteiger partial charge in [-0.25, -0.2) is 18.0 Å². The average molecular weight is 387 g/mol. The third-order valence-corrected chi connectivity index (χ3v) is 4.77. The first-order valence-electron chi connectivity index (χ1n) is 8.94. The summed E-state index contributed by atoms with van der Waals surface area (Å²) in [5.41, 5.74) is -0.886. The fourth-order valence-corrected chi connectivity index (χ4v) is 3.44. The van der Waals surface area contributed by atoms with Crippen molar-refractivity contribution in [3.8, 4) is 11.3 Å². The normalized spacial score (nSPS) is 13.7. The maximum atomic E-state index is 14.8. The van der Waals surface area contributed by atoms with Crippen LogP contribution in [-0.4, -0.2) is 17.1 Å². The predicted octanol–water partition coefficient (Wildman–Crippen LogP) is 4.60. The second kappa shape index (κ2) is 6.82. The molecule has 4 rings (SSSR count). The van der Waals surface area contributed by atoms with E-state index in [0.717, 1.165) is 0 Å². The Hall–Kier alpha value is -3.09. The van der Waals surface area contributed by atoms with Crippen LogP contribution in [0.5, 0.6) is 0 Å². The lowest BCUT2D eigenvalue weighted by molar-refractivity contribution is 0.0525. The maximum Gasteiger partial charge on any atom is 0.344 e. The minimum absolute atomic E-state index is 0.0279. The maximum absolute atomic E-state index is 14.8. The zero-order valence-electron chi connectivity index (χ0n) is 15.0. The topological polar surface area (TPSA) is 48.3 Å². The summed E-state index contributed by atoms with van der Waals surface area (Å²) in [6, 6.07) is 8.91. The highest BCUT2D eigenvalue weighted by molar-refractivity contribution is 6.01. The largest absolute Gasteiger partial charge is 0.462 e. The highest BCUT2D eigenvalue weighted by Crippen LogP contribution is 2.42. The Kier molecular flexibility index (Phi) is 4.45. The van der Waals surface area contributed by atoms with Crippen molar-refractivity contribution in [3.05, 3.63) is 69.6 Å². The van der Waals surface area contributed by atoms with Gasteiger partial charge in [-0.05, 0) is 31.4 Å². The van der Waals surface area contributed by atoms with Crippen LogP contribution in [0.2, 0.25) is 0 Å². The molecule has 2 aromatic carbocycles. The number of nitrogens with zero attached hydrogens (tertiary/aromatic N) is 1. The van der Waals surface area contributed by atoms with E-state index in [0.29, 0.717) is 24.5 Å².